The van der Waals surface area contributed by atoms with Crippen LogP contribution in [0.25, 0.3) is 5.57 Å². The van der Waals surface area contributed by atoms with Gasteiger partial charge in [-0.05, 0) is 66.6 Å². The van der Waals surface area contributed by atoms with Crippen LogP contribution < -0.4 is 10.1 Å². The average Bonchev–Trinajstić information content (AvgIpc) is 2.96. The molecule has 1 saturated heterocycles. The highest BCUT2D eigenvalue weighted by molar-refractivity contribution is 5.98. The molecule has 2 aromatic carbocycles. The van der Waals surface area contributed by atoms with Gasteiger partial charge in [0.25, 0.3) is 5.91 Å². The molecule has 40 heavy (non-hydrogen) atoms. The predicted octanol–water partition coefficient (Wildman–Crippen LogP) is 5.26. The number of benzene rings is 2. The molecule has 0 spiro atoms. The fourth-order valence-corrected chi connectivity index (χ4v) is 4.71. The van der Waals surface area contributed by atoms with Crippen LogP contribution in [0.15, 0.2) is 77.5 Å². The Labute approximate surface area is 228 Å². The SMILES string of the molecule is CC1=C(c2ccc(Oc3ccc(O)cc3)nc2)CC(NC(=O)c2cccc(C(F)(F)F)c2)(N2CCOCC2)C=N1. The highest BCUT2D eigenvalue weighted by atomic mass is 19.4. The number of nitrogens with one attached hydrogen (secondary N) is 1. The molecule has 3 aromatic rings. The van der Waals surface area contributed by atoms with Crippen molar-refractivity contribution in [2.45, 2.75) is 25.2 Å². The van der Waals surface area contributed by atoms with Gasteiger partial charge in [0.2, 0.25) is 5.88 Å². The van der Waals surface area contributed by atoms with E-state index in [2.05, 4.69) is 15.3 Å². The first-order chi connectivity index (χ1) is 19.1. The summed E-state index contributed by atoms with van der Waals surface area (Å²) in [6.07, 6.45) is -0.956. The number of nitrogens with zero attached hydrogens (tertiary/aromatic N) is 3. The van der Waals surface area contributed by atoms with E-state index in [1.165, 1.54) is 24.3 Å². The molecule has 0 aliphatic carbocycles. The number of ether oxygens (including phenoxy) is 2. The zero-order valence-corrected chi connectivity index (χ0v) is 21.6. The Bertz CT molecular complexity index is 1430. The molecule has 2 aliphatic rings. The summed E-state index contributed by atoms with van der Waals surface area (Å²) in [5.74, 6) is 0.349. The number of pyridine rings is 1. The monoisotopic (exact) mass is 552 g/mol. The third-order valence-corrected chi connectivity index (χ3v) is 6.86. The van der Waals surface area contributed by atoms with E-state index in [0.717, 1.165) is 29.0 Å². The first-order valence-electron chi connectivity index (χ1n) is 12.6. The second-order valence-electron chi connectivity index (χ2n) is 9.54. The van der Waals surface area contributed by atoms with E-state index in [1.54, 1.807) is 30.6 Å². The number of allylic oxidation sites excluding steroid dienone is 1. The summed E-state index contributed by atoms with van der Waals surface area (Å²) in [4.78, 5) is 24.4. The van der Waals surface area contributed by atoms with Crippen LogP contribution >= 0.6 is 0 Å². The molecule has 11 heteroatoms. The molecular weight excluding hydrogens is 525 g/mol. The van der Waals surface area contributed by atoms with Gasteiger partial charge in [-0.15, -0.1) is 0 Å². The van der Waals surface area contributed by atoms with E-state index in [-0.39, 0.29) is 11.3 Å². The number of phenolic OH excluding ortho intramolecular Hbond substituents is 1. The van der Waals surface area contributed by atoms with Crippen molar-refractivity contribution in [3.05, 3.63) is 89.2 Å². The molecule has 1 aromatic heterocycles. The molecule has 8 nitrogen and oxygen atoms in total. The average molecular weight is 553 g/mol. The van der Waals surface area contributed by atoms with Crippen LogP contribution in [0.2, 0.25) is 0 Å². The smallest absolute Gasteiger partial charge is 0.416 e. The van der Waals surface area contributed by atoms with Crippen molar-refractivity contribution in [3.63, 3.8) is 0 Å². The fraction of sp³-hybridized carbons (Fsp3) is 0.276. The number of halogens is 3. The lowest BCUT2D eigenvalue weighted by atomic mass is 9.90. The number of phenols is 1. The van der Waals surface area contributed by atoms with Gasteiger partial charge in [-0.3, -0.25) is 14.7 Å². The number of hydrogen-bond donors (Lipinski definition) is 2. The third-order valence-electron chi connectivity index (χ3n) is 6.86. The van der Waals surface area contributed by atoms with Gasteiger partial charge < -0.3 is 19.9 Å². The maximum atomic E-state index is 13.3. The summed E-state index contributed by atoms with van der Waals surface area (Å²) < 4.78 is 51.1. The van der Waals surface area contributed by atoms with Crippen LogP contribution in [0, 0.1) is 0 Å². The van der Waals surface area contributed by atoms with Gasteiger partial charge in [0.15, 0.2) is 0 Å². The minimum Gasteiger partial charge on any atom is -0.508 e. The molecule has 0 bridgehead atoms. The molecular formula is C29H27F3N4O4. The van der Waals surface area contributed by atoms with Crippen molar-refractivity contribution in [3.8, 4) is 17.4 Å². The number of carbonyl (C=O) groups excluding carboxylic acids is 1. The Morgan fingerprint density at radius 2 is 1.85 bits per heavy atom. The lowest BCUT2D eigenvalue weighted by Crippen LogP contribution is -2.65. The molecule has 1 atom stereocenters. The van der Waals surface area contributed by atoms with Gasteiger partial charge in [-0.1, -0.05) is 6.07 Å². The van der Waals surface area contributed by atoms with E-state index in [0.29, 0.717) is 44.4 Å². The zero-order valence-electron chi connectivity index (χ0n) is 21.6. The second kappa shape index (κ2) is 11.1. The van der Waals surface area contributed by atoms with Crippen LogP contribution in [-0.2, 0) is 10.9 Å². The Morgan fingerprint density at radius 1 is 1.10 bits per heavy atom. The van der Waals surface area contributed by atoms with E-state index in [9.17, 15) is 23.1 Å². The second-order valence-corrected chi connectivity index (χ2v) is 9.54. The van der Waals surface area contributed by atoms with Crippen LogP contribution in [-0.4, -0.2) is 59.1 Å². The Morgan fingerprint density at radius 3 is 2.52 bits per heavy atom. The van der Waals surface area contributed by atoms with Crippen LogP contribution in [0.3, 0.4) is 0 Å². The number of carbonyl (C=O) groups is 1. The van der Waals surface area contributed by atoms with E-state index in [1.807, 2.05) is 17.9 Å². The largest absolute Gasteiger partial charge is 0.508 e. The van der Waals surface area contributed by atoms with Gasteiger partial charge >= 0.3 is 6.18 Å². The van der Waals surface area contributed by atoms with Gasteiger partial charge in [0.05, 0.1) is 18.8 Å². The first kappa shape index (κ1) is 27.4. The van der Waals surface area contributed by atoms with Crippen molar-refractivity contribution in [1.29, 1.82) is 0 Å². The fourth-order valence-electron chi connectivity index (χ4n) is 4.71. The Hall–Kier alpha value is -4.22. The summed E-state index contributed by atoms with van der Waals surface area (Å²) in [5, 5.41) is 12.4. The van der Waals surface area contributed by atoms with Crippen molar-refractivity contribution in [2.75, 3.05) is 26.3 Å². The quantitative estimate of drug-likeness (QED) is 0.433. The van der Waals surface area contributed by atoms with Crippen LogP contribution in [0.5, 0.6) is 17.4 Å². The number of alkyl halides is 3. The highest BCUT2D eigenvalue weighted by Gasteiger charge is 2.41. The lowest BCUT2D eigenvalue weighted by molar-refractivity contribution is -0.137. The zero-order chi connectivity index (χ0) is 28.3. The van der Waals surface area contributed by atoms with Crippen molar-refractivity contribution >= 4 is 17.7 Å². The number of amides is 1. The summed E-state index contributed by atoms with van der Waals surface area (Å²) in [6.45, 7) is 3.73. The Kier molecular flexibility index (Phi) is 7.59. The van der Waals surface area contributed by atoms with Crippen molar-refractivity contribution in [1.82, 2.24) is 15.2 Å². The number of morpholine rings is 1. The lowest BCUT2D eigenvalue weighted by Gasteiger charge is -2.45. The molecule has 1 unspecified atom stereocenters. The standard InChI is InChI=1S/C29H27F3N4O4/c1-19-25(21-5-10-26(33-17-21)40-24-8-6-23(37)7-9-24)16-28(18-34-19,36-11-13-39-14-12-36)35-27(38)20-3-2-4-22(15-20)29(30,31)32/h2-10,15,17-18,37H,11-14,16H2,1H3,(H,35,38). The van der Waals surface area contributed by atoms with Crippen molar-refractivity contribution < 1.29 is 32.5 Å². The summed E-state index contributed by atoms with van der Waals surface area (Å²) in [7, 11) is 0. The van der Waals surface area contributed by atoms with Crippen LogP contribution in [0.4, 0.5) is 13.2 Å². The minimum absolute atomic E-state index is 0.0962. The molecule has 1 amide bonds. The predicted molar refractivity (Wildman–Crippen MR) is 142 cm³/mol. The highest BCUT2D eigenvalue weighted by Crippen LogP contribution is 2.35. The first-order valence-corrected chi connectivity index (χ1v) is 12.6. The number of aromatic hydroxyl groups is 1. The van der Waals surface area contributed by atoms with Crippen molar-refractivity contribution in [2.24, 2.45) is 4.99 Å². The third kappa shape index (κ3) is 6.00. The van der Waals surface area contributed by atoms with E-state index < -0.39 is 23.3 Å². The van der Waals surface area contributed by atoms with Crippen LogP contribution in [0.1, 0.15) is 34.8 Å². The van der Waals surface area contributed by atoms with Gasteiger partial charge in [0.1, 0.15) is 17.2 Å². The normalized spacial score (nSPS) is 19.9. The van der Waals surface area contributed by atoms with Gasteiger partial charge in [0, 0.05) is 49.2 Å². The molecule has 2 N–H and O–H groups in total. The van der Waals surface area contributed by atoms with Gasteiger partial charge in [-0.25, -0.2) is 4.98 Å². The molecule has 0 saturated carbocycles. The number of hydrogen-bond acceptors (Lipinski definition) is 7. The molecule has 1 fully saturated rings. The molecule has 208 valence electrons. The molecule has 0 radical (unpaired) electrons. The molecule has 2 aliphatic heterocycles. The summed E-state index contributed by atoms with van der Waals surface area (Å²) >= 11 is 0. The maximum Gasteiger partial charge on any atom is 0.416 e. The number of aromatic nitrogens is 1. The van der Waals surface area contributed by atoms with E-state index >= 15 is 0 Å². The summed E-state index contributed by atoms with van der Waals surface area (Å²) in [6, 6.07) is 14.2. The minimum atomic E-state index is -4.57. The number of aliphatic imine (C=N–C) groups is 1. The topological polar surface area (TPSA) is 96.3 Å². The number of rotatable bonds is 6. The van der Waals surface area contributed by atoms with E-state index in [4.69, 9.17) is 9.47 Å². The molecule has 5 rings (SSSR count). The maximum absolute atomic E-state index is 13.3. The van der Waals surface area contributed by atoms with Gasteiger partial charge in [-0.2, -0.15) is 13.2 Å². The Balaban J connectivity index is 1.41. The summed E-state index contributed by atoms with van der Waals surface area (Å²) in [5.41, 5.74) is 0.230. The molecule has 3 heterocycles.